The summed E-state index contributed by atoms with van der Waals surface area (Å²) in [7, 11) is 0. The summed E-state index contributed by atoms with van der Waals surface area (Å²) in [5.74, 6) is 0. The van der Waals surface area contributed by atoms with Crippen molar-refractivity contribution in [1.29, 1.82) is 0 Å². The molecule has 0 amide bonds. The SMILES string of the molecule is NCCCc1cnc(C(F)(F)F)s1. The predicted octanol–water partition coefficient (Wildman–Crippen LogP) is 2.05. The highest BCUT2D eigenvalue weighted by Crippen LogP contribution is 2.32. The molecule has 0 fully saturated rings. The number of thiazole rings is 1. The zero-order valence-electron chi connectivity index (χ0n) is 6.77. The van der Waals surface area contributed by atoms with Gasteiger partial charge in [0.15, 0.2) is 5.01 Å². The van der Waals surface area contributed by atoms with Crippen LogP contribution in [0, 0.1) is 0 Å². The molecule has 13 heavy (non-hydrogen) atoms. The Morgan fingerprint density at radius 1 is 1.46 bits per heavy atom. The van der Waals surface area contributed by atoms with E-state index in [1.54, 1.807) is 0 Å². The molecule has 0 spiro atoms. The lowest BCUT2D eigenvalue weighted by molar-refractivity contribution is -0.137. The van der Waals surface area contributed by atoms with Crippen LogP contribution < -0.4 is 5.73 Å². The Morgan fingerprint density at radius 3 is 2.62 bits per heavy atom. The largest absolute Gasteiger partial charge is 0.443 e. The summed E-state index contributed by atoms with van der Waals surface area (Å²) in [6.07, 6.45) is -1.78. The molecule has 0 saturated carbocycles. The van der Waals surface area contributed by atoms with Crippen molar-refractivity contribution >= 4 is 11.3 Å². The fraction of sp³-hybridized carbons (Fsp3) is 0.571. The smallest absolute Gasteiger partial charge is 0.330 e. The maximum Gasteiger partial charge on any atom is 0.443 e. The Kier molecular flexibility index (Phi) is 3.27. The van der Waals surface area contributed by atoms with E-state index in [1.165, 1.54) is 6.20 Å². The molecule has 0 aliphatic rings. The van der Waals surface area contributed by atoms with E-state index in [1.807, 2.05) is 0 Å². The van der Waals surface area contributed by atoms with E-state index in [0.29, 0.717) is 35.6 Å². The Labute approximate surface area is 77.6 Å². The number of aromatic nitrogens is 1. The Morgan fingerprint density at radius 2 is 2.15 bits per heavy atom. The van der Waals surface area contributed by atoms with Gasteiger partial charge < -0.3 is 5.73 Å². The standard InChI is InChI=1S/C7H9F3N2S/c8-7(9,10)6-12-4-5(13-6)2-1-3-11/h4H,1-3,11H2. The third kappa shape index (κ3) is 2.96. The molecule has 0 aliphatic heterocycles. The molecular formula is C7H9F3N2S. The van der Waals surface area contributed by atoms with Gasteiger partial charge in [-0.3, -0.25) is 0 Å². The first-order valence-corrected chi connectivity index (χ1v) is 4.57. The number of halogens is 3. The van der Waals surface area contributed by atoms with Crippen LogP contribution in [0.3, 0.4) is 0 Å². The van der Waals surface area contributed by atoms with E-state index in [4.69, 9.17) is 5.73 Å². The first-order valence-electron chi connectivity index (χ1n) is 3.76. The molecule has 2 nitrogen and oxygen atoms in total. The summed E-state index contributed by atoms with van der Waals surface area (Å²) in [6.45, 7) is 0.485. The van der Waals surface area contributed by atoms with Gasteiger partial charge in [0.25, 0.3) is 0 Å². The van der Waals surface area contributed by atoms with Gasteiger partial charge in [0.2, 0.25) is 0 Å². The second kappa shape index (κ2) is 4.06. The summed E-state index contributed by atoms with van der Waals surface area (Å²) in [4.78, 5) is 3.93. The molecule has 74 valence electrons. The van der Waals surface area contributed by atoms with Gasteiger partial charge >= 0.3 is 6.18 Å². The van der Waals surface area contributed by atoms with Crippen LogP contribution in [0.1, 0.15) is 16.3 Å². The lowest BCUT2D eigenvalue weighted by Gasteiger charge is -1.98. The van der Waals surface area contributed by atoms with E-state index in [-0.39, 0.29) is 0 Å². The second-order valence-electron chi connectivity index (χ2n) is 2.52. The quantitative estimate of drug-likeness (QED) is 0.829. The van der Waals surface area contributed by atoms with Gasteiger partial charge in [0.05, 0.1) is 0 Å². The van der Waals surface area contributed by atoms with Crippen LogP contribution in [0.15, 0.2) is 6.20 Å². The van der Waals surface area contributed by atoms with Gasteiger partial charge in [0.1, 0.15) is 0 Å². The summed E-state index contributed by atoms with van der Waals surface area (Å²) in [5, 5.41) is -0.778. The molecule has 1 rings (SSSR count). The third-order valence-electron chi connectivity index (χ3n) is 1.42. The molecule has 0 unspecified atom stereocenters. The van der Waals surface area contributed by atoms with Gasteiger partial charge in [-0.25, -0.2) is 4.98 Å². The average Bonchev–Trinajstić information content (AvgIpc) is 2.47. The number of rotatable bonds is 3. The fourth-order valence-corrected chi connectivity index (χ4v) is 1.65. The van der Waals surface area contributed by atoms with Crippen molar-refractivity contribution in [3.63, 3.8) is 0 Å². The van der Waals surface area contributed by atoms with Crippen molar-refractivity contribution in [2.45, 2.75) is 19.0 Å². The molecule has 1 aromatic heterocycles. The van der Waals surface area contributed by atoms with Gasteiger partial charge in [-0.2, -0.15) is 13.2 Å². The number of nitrogens with zero attached hydrogens (tertiary/aromatic N) is 1. The predicted molar refractivity (Wildman–Crippen MR) is 44.5 cm³/mol. The van der Waals surface area contributed by atoms with Crippen molar-refractivity contribution in [2.24, 2.45) is 5.73 Å². The topological polar surface area (TPSA) is 38.9 Å². The van der Waals surface area contributed by atoms with Crippen molar-refractivity contribution in [2.75, 3.05) is 6.54 Å². The Bertz CT molecular complexity index is 269. The van der Waals surface area contributed by atoms with Crippen LogP contribution in [0.4, 0.5) is 13.2 Å². The van der Waals surface area contributed by atoms with E-state index in [0.717, 1.165) is 0 Å². The van der Waals surface area contributed by atoms with Gasteiger partial charge in [-0.15, -0.1) is 11.3 Å². The lowest BCUT2D eigenvalue weighted by atomic mass is 10.3. The van der Waals surface area contributed by atoms with Crippen LogP contribution >= 0.6 is 11.3 Å². The van der Waals surface area contributed by atoms with Gasteiger partial charge in [-0.1, -0.05) is 0 Å². The summed E-state index contributed by atoms with van der Waals surface area (Å²) >= 11 is 0.688. The van der Waals surface area contributed by atoms with Gasteiger partial charge in [0, 0.05) is 11.1 Å². The Balaban J connectivity index is 2.64. The highest BCUT2D eigenvalue weighted by Gasteiger charge is 2.34. The number of alkyl halides is 3. The maximum atomic E-state index is 12.0. The second-order valence-corrected chi connectivity index (χ2v) is 3.64. The highest BCUT2D eigenvalue weighted by molar-refractivity contribution is 7.11. The number of hydrogen-bond donors (Lipinski definition) is 1. The van der Waals surface area contributed by atoms with E-state index < -0.39 is 11.2 Å². The fourth-order valence-electron chi connectivity index (χ4n) is 0.830. The minimum atomic E-state index is -4.31. The van der Waals surface area contributed by atoms with Crippen LogP contribution in [-0.2, 0) is 12.6 Å². The van der Waals surface area contributed by atoms with Crippen LogP contribution in [0.25, 0.3) is 0 Å². The highest BCUT2D eigenvalue weighted by atomic mass is 32.1. The normalized spacial score (nSPS) is 12.0. The van der Waals surface area contributed by atoms with E-state index in [9.17, 15) is 13.2 Å². The first kappa shape index (κ1) is 10.5. The van der Waals surface area contributed by atoms with Crippen molar-refractivity contribution in [1.82, 2.24) is 4.98 Å². The van der Waals surface area contributed by atoms with Crippen molar-refractivity contribution in [3.05, 3.63) is 16.1 Å². The Hall–Kier alpha value is -0.620. The lowest BCUT2D eigenvalue weighted by Crippen LogP contribution is -2.02. The minimum absolute atomic E-state index is 0.485. The number of aryl methyl sites for hydroxylation is 1. The molecule has 0 atom stereocenters. The average molecular weight is 210 g/mol. The number of nitrogens with two attached hydrogens (primary N) is 1. The van der Waals surface area contributed by atoms with Gasteiger partial charge in [-0.05, 0) is 19.4 Å². The monoisotopic (exact) mass is 210 g/mol. The molecule has 0 aromatic carbocycles. The van der Waals surface area contributed by atoms with Crippen LogP contribution in [0.5, 0.6) is 0 Å². The molecular weight excluding hydrogens is 201 g/mol. The minimum Gasteiger partial charge on any atom is -0.330 e. The molecule has 6 heteroatoms. The summed E-state index contributed by atoms with van der Waals surface area (Å²) in [6, 6.07) is 0. The molecule has 0 saturated heterocycles. The summed E-state index contributed by atoms with van der Waals surface area (Å²) < 4.78 is 36.1. The van der Waals surface area contributed by atoms with E-state index >= 15 is 0 Å². The molecule has 0 radical (unpaired) electrons. The zero-order chi connectivity index (χ0) is 9.90. The van der Waals surface area contributed by atoms with Crippen LogP contribution in [-0.4, -0.2) is 11.5 Å². The molecule has 1 aromatic rings. The third-order valence-corrected chi connectivity index (χ3v) is 2.53. The molecule has 1 heterocycles. The van der Waals surface area contributed by atoms with Crippen molar-refractivity contribution < 1.29 is 13.2 Å². The first-order chi connectivity index (χ1) is 6.04. The zero-order valence-corrected chi connectivity index (χ0v) is 7.58. The molecule has 0 aliphatic carbocycles. The number of hydrogen-bond acceptors (Lipinski definition) is 3. The van der Waals surface area contributed by atoms with E-state index in [2.05, 4.69) is 4.98 Å². The summed E-state index contributed by atoms with van der Waals surface area (Å²) in [5.41, 5.74) is 5.23. The van der Waals surface area contributed by atoms with Crippen molar-refractivity contribution in [3.8, 4) is 0 Å². The molecule has 2 N–H and O–H groups in total. The maximum absolute atomic E-state index is 12.0. The van der Waals surface area contributed by atoms with Crippen LogP contribution in [0.2, 0.25) is 0 Å². The molecule has 0 bridgehead atoms.